The van der Waals surface area contributed by atoms with Crippen LogP contribution in [0.1, 0.15) is 0 Å². The third-order valence-electron chi connectivity index (χ3n) is 3.34. The molecule has 10 nitrogen and oxygen atoms in total. The Morgan fingerprint density at radius 3 is 2.92 bits per heavy atom. The lowest BCUT2D eigenvalue weighted by molar-refractivity contribution is 0.0405. The van der Waals surface area contributed by atoms with E-state index >= 15 is 0 Å². The van der Waals surface area contributed by atoms with Gasteiger partial charge < -0.3 is 24.8 Å². The van der Waals surface area contributed by atoms with Crippen LogP contribution < -0.4 is 16.6 Å². The van der Waals surface area contributed by atoms with Crippen molar-refractivity contribution in [3.05, 3.63) is 33.5 Å². The summed E-state index contributed by atoms with van der Waals surface area (Å²) in [5, 5.41) is 21.9. The monoisotopic (exact) mass is 339 g/mol. The maximum Gasteiger partial charge on any atom is 0.329 e. The molecule has 0 bridgehead atoms. The Kier molecular flexibility index (Phi) is 5.90. The molecule has 2 aromatic rings. The van der Waals surface area contributed by atoms with Crippen LogP contribution in [0.3, 0.4) is 0 Å². The zero-order chi connectivity index (χ0) is 17.7. The molecule has 10 heteroatoms. The number of nitrogens with one attached hydrogen (secondary N) is 2. The summed E-state index contributed by atoms with van der Waals surface area (Å²) in [5.41, 5.74) is -0.846. The lowest BCUT2D eigenvalue weighted by atomic mass is 10.3. The van der Waals surface area contributed by atoms with Crippen LogP contribution in [-0.2, 0) is 18.3 Å². The summed E-state index contributed by atoms with van der Waals surface area (Å²) in [7, 11) is 1.48. The van der Waals surface area contributed by atoms with Gasteiger partial charge >= 0.3 is 5.69 Å². The van der Waals surface area contributed by atoms with Gasteiger partial charge in [-0.25, -0.2) is 4.79 Å². The molecule has 0 amide bonds. The first-order valence-electron chi connectivity index (χ1n) is 7.40. The van der Waals surface area contributed by atoms with Crippen molar-refractivity contribution in [2.24, 2.45) is 7.05 Å². The van der Waals surface area contributed by atoms with Crippen LogP contribution in [0.2, 0.25) is 0 Å². The number of imidazole rings is 1. The minimum Gasteiger partial charge on any atom is -0.395 e. The van der Waals surface area contributed by atoms with E-state index in [4.69, 9.17) is 9.84 Å². The van der Waals surface area contributed by atoms with Crippen molar-refractivity contribution in [3.8, 4) is 0 Å². The maximum absolute atomic E-state index is 12.2. The van der Waals surface area contributed by atoms with E-state index in [2.05, 4.69) is 21.9 Å². The number of nitrogens with zero attached hydrogens (tertiary/aromatic N) is 3. The molecule has 0 saturated carbocycles. The Labute approximate surface area is 137 Å². The first-order chi connectivity index (χ1) is 11.5. The fourth-order valence-corrected chi connectivity index (χ4v) is 2.27. The average Bonchev–Trinajstić information content (AvgIpc) is 2.90. The minimum atomic E-state index is -0.895. The highest BCUT2D eigenvalue weighted by atomic mass is 16.5. The average molecular weight is 339 g/mol. The molecule has 0 aliphatic heterocycles. The second-order valence-corrected chi connectivity index (χ2v) is 5.17. The van der Waals surface area contributed by atoms with Crippen LogP contribution in [-0.4, -0.2) is 61.8 Å². The third kappa shape index (κ3) is 3.72. The van der Waals surface area contributed by atoms with Crippen LogP contribution in [0.5, 0.6) is 0 Å². The first-order valence-corrected chi connectivity index (χ1v) is 7.40. The summed E-state index contributed by atoms with van der Waals surface area (Å²) in [5.74, 6) is 0.272. The molecule has 24 heavy (non-hydrogen) atoms. The van der Waals surface area contributed by atoms with Crippen molar-refractivity contribution in [1.82, 2.24) is 19.1 Å². The number of fused-ring (bicyclic) bond motifs is 1. The largest absolute Gasteiger partial charge is 0.395 e. The predicted molar refractivity (Wildman–Crippen MR) is 88.2 cm³/mol. The SMILES string of the molecule is C=CCOCC(O)Cn1c(NCCO)nc2c1c(=O)[nH]c(=O)n2C. The molecule has 1 atom stereocenters. The Morgan fingerprint density at radius 2 is 2.25 bits per heavy atom. The molecule has 1 unspecified atom stereocenters. The van der Waals surface area contributed by atoms with Gasteiger partial charge in [-0.1, -0.05) is 6.08 Å². The highest BCUT2D eigenvalue weighted by Crippen LogP contribution is 2.15. The van der Waals surface area contributed by atoms with Gasteiger partial charge in [0.05, 0.1) is 32.5 Å². The van der Waals surface area contributed by atoms with Gasteiger partial charge in [-0.2, -0.15) is 4.98 Å². The Hall–Kier alpha value is -2.43. The van der Waals surface area contributed by atoms with E-state index in [-0.39, 0.29) is 43.4 Å². The van der Waals surface area contributed by atoms with E-state index in [1.165, 1.54) is 16.2 Å². The predicted octanol–water partition coefficient (Wildman–Crippen LogP) is -1.61. The number of ether oxygens (including phenoxy) is 1. The highest BCUT2D eigenvalue weighted by molar-refractivity contribution is 5.74. The van der Waals surface area contributed by atoms with E-state index in [9.17, 15) is 14.7 Å². The molecular weight excluding hydrogens is 318 g/mol. The molecule has 0 aromatic carbocycles. The zero-order valence-corrected chi connectivity index (χ0v) is 13.4. The Bertz CT molecular complexity index is 821. The van der Waals surface area contributed by atoms with Gasteiger partial charge in [0, 0.05) is 13.6 Å². The van der Waals surface area contributed by atoms with Crippen molar-refractivity contribution in [1.29, 1.82) is 0 Å². The molecule has 2 heterocycles. The van der Waals surface area contributed by atoms with Crippen molar-refractivity contribution >= 4 is 17.1 Å². The summed E-state index contributed by atoms with van der Waals surface area (Å²) in [6.45, 7) is 3.97. The molecule has 4 N–H and O–H groups in total. The quantitative estimate of drug-likeness (QED) is 0.319. The van der Waals surface area contributed by atoms with Crippen LogP contribution >= 0.6 is 0 Å². The Morgan fingerprint density at radius 1 is 1.50 bits per heavy atom. The topological polar surface area (TPSA) is 134 Å². The van der Waals surface area contributed by atoms with Crippen LogP contribution in [0.15, 0.2) is 22.2 Å². The number of H-pyrrole nitrogens is 1. The molecule has 2 aromatic heterocycles. The van der Waals surface area contributed by atoms with Gasteiger partial charge in [0.15, 0.2) is 11.2 Å². The molecule has 0 saturated heterocycles. The Balaban J connectivity index is 2.44. The summed E-state index contributed by atoms with van der Waals surface area (Å²) >= 11 is 0. The molecule has 0 fully saturated rings. The summed E-state index contributed by atoms with van der Waals surface area (Å²) < 4.78 is 7.87. The van der Waals surface area contributed by atoms with Crippen molar-refractivity contribution in [3.63, 3.8) is 0 Å². The van der Waals surface area contributed by atoms with Crippen LogP contribution in [0.25, 0.3) is 11.2 Å². The number of aliphatic hydroxyl groups excluding tert-OH is 2. The zero-order valence-electron chi connectivity index (χ0n) is 13.4. The second-order valence-electron chi connectivity index (χ2n) is 5.17. The number of hydrogen-bond acceptors (Lipinski definition) is 7. The van der Waals surface area contributed by atoms with Gasteiger partial charge in [-0.15, -0.1) is 6.58 Å². The summed E-state index contributed by atoms with van der Waals surface area (Å²) in [4.78, 5) is 30.3. The van der Waals surface area contributed by atoms with Gasteiger partial charge in [0.1, 0.15) is 0 Å². The normalized spacial score (nSPS) is 12.5. The summed E-state index contributed by atoms with van der Waals surface area (Å²) in [6, 6.07) is 0. The van der Waals surface area contributed by atoms with Gasteiger partial charge in [0.25, 0.3) is 5.56 Å². The standard InChI is InChI=1S/C14H21N5O5/c1-3-6-24-8-9(21)7-19-10-11(16-13(19)15-4-5-20)18(2)14(23)17-12(10)22/h3,9,20-21H,1,4-8H2,2H3,(H,15,16)(H,17,22,23). The van der Waals surface area contributed by atoms with Crippen LogP contribution in [0, 0.1) is 0 Å². The first kappa shape index (κ1) is 17.9. The number of anilines is 1. The van der Waals surface area contributed by atoms with Gasteiger partial charge in [-0.05, 0) is 0 Å². The van der Waals surface area contributed by atoms with Crippen molar-refractivity contribution < 1.29 is 14.9 Å². The fourth-order valence-electron chi connectivity index (χ4n) is 2.27. The van der Waals surface area contributed by atoms with E-state index in [0.29, 0.717) is 6.61 Å². The lowest BCUT2D eigenvalue weighted by Crippen LogP contribution is -2.30. The van der Waals surface area contributed by atoms with Crippen molar-refractivity contribution in [2.45, 2.75) is 12.6 Å². The van der Waals surface area contributed by atoms with E-state index < -0.39 is 17.4 Å². The van der Waals surface area contributed by atoms with Gasteiger partial charge in [-0.3, -0.25) is 14.3 Å². The molecule has 0 spiro atoms. The van der Waals surface area contributed by atoms with E-state index in [0.717, 1.165) is 0 Å². The third-order valence-corrected chi connectivity index (χ3v) is 3.34. The number of aliphatic hydroxyl groups is 2. The number of aromatic amines is 1. The highest BCUT2D eigenvalue weighted by Gasteiger charge is 2.19. The lowest BCUT2D eigenvalue weighted by Gasteiger charge is -2.14. The molecule has 2 rings (SSSR count). The minimum absolute atomic E-state index is 0.0304. The smallest absolute Gasteiger partial charge is 0.329 e. The van der Waals surface area contributed by atoms with E-state index in [1.807, 2.05) is 0 Å². The molecule has 0 radical (unpaired) electrons. The number of rotatable bonds is 9. The number of aromatic nitrogens is 4. The van der Waals surface area contributed by atoms with Crippen molar-refractivity contribution in [2.75, 3.05) is 31.7 Å². The molecule has 0 aliphatic carbocycles. The maximum atomic E-state index is 12.2. The second kappa shape index (κ2) is 7.90. The van der Waals surface area contributed by atoms with E-state index in [1.54, 1.807) is 6.08 Å². The fraction of sp³-hybridized carbons (Fsp3) is 0.500. The molecule has 0 aliphatic rings. The molecular formula is C14H21N5O5. The van der Waals surface area contributed by atoms with Crippen LogP contribution in [0.4, 0.5) is 5.95 Å². The number of aryl methyl sites for hydroxylation is 1. The number of hydrogen-bond donors (Lipinski definition) is 4. The molecule has 132 valence electrons. The summed E-state index contributed by atoms with van der Waals surface area (Å²) in [6.07, 6.45) is 0.669. The van der Waals surface area contributed by atoms with Gasteiger partial charge in [0.2, 0.25) is 5.95 Å².